The molecule has 22 heavy (non-hydrogen) atoms. The second-order valence-electron chi connectivity index (χ2n) is 4.72. The highest BCUT2D eigenvalue weighted by Gasteiger charge is 2.18. The molecule has 0 aliphatic heterocycles. The fourth-order valence-corrected chi connectivity index (χ4v) is 3.81. The minimum atomic E-state index is -0.187. The van der Waals surface area contributed by atoms with Gasteiger partial charge in [0.2, 0.25) is 5.13 Å². The first kappa shape index (κ1) is 16.7. The monoisotopic (exact) mass is 333 g/mol. The Kier molecular flexibility index (Phi) is 6.15. The van der Waals surface area contributed by atoms with Gasteiger partial charge in [0, 0.05) is 12.1 Å². The molecule has 0 spiro atoms. The van der Waals surface area contributed by atoms with Crippen molar-refractivity contribution < 1.29 is 4.79 Å². The summed E-state index contributed by atoms with van der Waals surface area (Å²) in [5.74, 6) is 0.114. The van der Waals surface area contributed by atoms with Gasteiger partial charge < -0.3 is 5.32 Å². The molecule has 1 aromatic carbocycles. The van der Waals surface area contributed by atoms with E-state index in [4.69, 9.17) is 0 Å². The Bertz CT molecular complexity index is 637. The van der Waals surface area contributed by atoms with Crippen LogP contribution in [0.25, 0.3) is 0 Å². The summed E-state index contributed by atoms with van der Waals surface area (Å²) in [5, 5.41) is 11.8. The first-order valence-electron chi connectivity index (χ1n) is 7.12. The smallest absolute Gasteiger partial charge is 0.206 e. The van der Waals surface area contributed by atoms with Crippen molar-refractivity contribution in [1.82, 2.24) is 10.2 Å². The molecule has 0 unspecified atom stereocenters. The number of carbonyl (C=O) groups excluding carboxylic acids is 1. The van der Waals surface area contributed by atoms with Gasteiger partial charge in [-0.3, -0.25) is 4.79 Å². The number of anilines is 1. The highest BCUT2D eigenvalue weighted by Crippen LogP contribution is 2.30. The van der Waals surface area contributed by atoms with Gasteiger partial charge in [0.1, 0.15) is 0 Å². The van der Waals surface area contributed by atoms with E-state index in [2.05, 4.69) is 29.0 Å². The van der Waals surface area contributed by atoms with Crippen molar-refractivity contribution >= 4 is 34.0 Å². The molecule has 0 fully saturated rings. The second-order valence-corrected chi connectivity index (χ2v) is 7.28. The van der Waals surface area contributed by atoms with E-state index in [1.165, 1.54) is 28.7 Å². The average Bonchev–Trinajstić information content (AvgIpc) is 2.99. The molecule has 0 aliphatic rings. The maximum atomic E-state index is 12.4. The number of hydrogen-bond donors (Lipinski definition) is 1. The second kappa shape index (κ2) is 8.10. The molecule has 1 N–H and O–H groups in total. The summed E-state index contributed by atoms with van der Waals surface area (Å²) in [6.07, 6.45) is 2.74. The SMILES string of the molecule is C=CCNc1nnc(S[C@@H](C)C(=O)c2ccc(CC)cc2)s1. The van der Waals surface area contributed by atoms with E-state index in [1.807, 2.05) is 31.2 Å². The van der Waals surface area contributed by atoms with Gasteiger partial charge >= 0.3 is 0 Å². The van der Waals surface area contributed by atoms with Crippen LogP contribution in [0.3, 0.4) is 0 Å². The van der Waals surface area contributed by atoms with E-state index in [0.717, 1.165) is 21.5 Å². The van der Waals surface area contributed by atoms with E-state index in [9.17, 15) is 4.79 Å². The van der Waals surface area contributed by atoms with Crippen LogP contribution in [0.4, 0.5) is 5.13 Å². The Hall–Kier alpha value is -1.66. The van der Waals surface area contributed by atoms with E-state index in [0.29, 0.717) is 6.54 Å². The fourth-order valence-electron chi connectivity index (χ4n) is 1.83. The Morgan fingerprint density at radius 1 is 1.41 bits per heavy atom. The summed E-state index contributed by atoms with van der Waals surface area (Å²) in [7, 11) is 0. The third kappa shape index (κ3) is 4.42. The van der Waals surface area contributed by atoms with Crippen molar-refractivity contribution in [2.75, 3.05) is 11.9 Å². The Labute approximate surface area is 139 Å². The lowest BCUT2D eigenvalue weighted by Gasteiger charge is -2.08. The number of nitrogens with zero attached hydrogens (tertiary/aromatic N) is 2. The van der Waals surface area contributed by atoms with Crippen LogP contribution in [0.1, 0.15) is 29.8 Å². The molecular formula is C16H19N3OS2. The van der Waals surface area contributed by atoms with Gasteiger partial charge in [0.25, 0.3) is 0 Å². The summed E-state index contributed by atoms with van der Waals surface area (Å²) in [6.45, 7) is 8.30. The van der Waals surface area contributed by atoms with E-state index < -0.39 is 0 Å². The van der Waals surface area contributed by atoms with Crippen LogP contribution in [0.15, 0.2) is 41.3 Å². The normalized spacial score (nSPS) is 11.9. The largest absolute Gasteiger partial charge is 0.357 e. The van der Waals surface area contributed by atoms with E-state index >= 15 is 0 Å². The Morgan fingerprint density at radius 3 is 2.77 bits per heavy atom. The average molecular weight is 333 g/mol. The highest BCUT2D eigenvalue weighted by molar-refractivity contribution is 8.02. The van der Waals surface area contributed by atoms with Crippen LogP contribution >= 0.6 is 23.1 Å². The van der Waals surface area contributed by atoms with Crippen molar-refractivity contribution in [2.24, 2.45) is 0 Å². The molecule has 2 aromatic rings. The maximum absolute atomic E-state index is 12.4. The number of hydrogen-bond acceptors (Lipinski definition) is 6. The molecule has 116 valence electrons. The van der Waals surface area contributed by atoms with Crippen molar-refractivity contribution in [3.8, 4) is 0 Å². The molecule has 0 amide bonds. The minimum Gasteiger partial charge on any atom is -0.357 e. The standard InChI is InChI=1S/C16H19N3OS2/c1-4-10-17-15-18-19-16(22-15)21-11(3)14(20)13-8-6-12(5-2)7-9-13/h4,6-9,11H,1,5,10H2,2-3H3,(H,17,18)/t11-/m0/s1. The van der Waals surface area contributed by atoms with Crippen LogP contribution in [0, 0.1) is 0 Å². The lowest BCUT2D eigenvalue weighted by Crippen LogP contribution is -2.13. The lowest BCUT2D eigenvalue weighted by atomic mass is 10.1. The molecule has 1 atom stereocenters. The van der Waals surface area contributed by atoms with Gasteiger partial charge in [0.15, 0.2) is 10.1 Å². The molecule has 0 saturated heterocycles. The lowest BCUT2D eigenvalue weighted by molar-refractivity contribution is 0.0994. The quantitative estimate of drug-likeness (QED) is 0.448. The summed E-state index contributed by atoms with van der Waals surface area (Å²) < 4.78 is 0.789. The third-order valence-corrected chi connectivity index (χ3v) is 5.16. The van der Waals surface area contributed by atoms with Gasteiger partial charge in [0.05, 0.1) is 5.25 Å². The summed E-state index contributed by atoms with van der Waals surface area (Å²) in [5.41, 5.74) is 1.98. The van der Waals surface area contributed by atoms with Gasteiger partial charge in [-0.15, -0.1) is 16.8 Å². The molecule has 1 heterocycles. The predicted molar refractivity (Wildman–Crippen MR) is 94.1 cm³/mol. The number of nitrogens with one attached hydrogen (secondary N) is 1. The molecular weight excluding hydrogens is 314 g/mol. The number of rotatable bonds is 8. The van der Waals surface area contributed by atoms with Crippen LogP contribution < -0.4 is 5.32 Å². The zero-order chi connectivity index (χ0) is 15.9. The topological polar surface area (TPSA) is 54.9 Å². The molecule has 2 rings (SSSR count). The summed E-state index contributed by atoms with van der Waals surface area (Å²) in [6, 6.07) is 7.81. The third-order valence-electron chi connectivity index (χ3n) is 3.10. The van der Waals surface area contributed by atoms with Crippen molar-refractivity contribution in [3.05, 3.63) is 48.0 Å². The van der Waals surface area contributed by atoms with E-state index in [1.54, 1.807) is 6.08 Å². The first-order valence-corrected chi connectivity index (χ1v) is 8.81. The van der Waals surface area contributed by atoms with Crippen molar-refractivity contribution in [2.45, 2.75) is 29.9 Å². The zero-order valence-corrected chi connectivity index (χ0v) is 14.3. The summed E-state index contributed by atoms with van der Waals surface area (Å²) in [4.78, 5) is 12.4. The van der Waals surface area contributed by atoms with Gasteiger partial charge in [-0.1, -0.05) is 60.4 Å². The molecule has 0 radical (unpaired) electrons. The molecule has 4 nitrogen and oxygen atoms in total. The van der Waals surface area contributed by atoms with Crippen LogP contribution in [-0.2, 0) is 6.42 Å². The Balaban J connectivity index is 1.98. The zero-order valence-electron chi connectivity index (χ0n) is 12.7. The number of carbonyl (C=O) groups is 1. The summed E-state index contributed by atoms with van der Waals surface area (Å²) >= 11 is 2.89. The molecule has 0 aliphatic carbocycles. The fraction of sp³-hybridized carbons (Fsp3) is 0.312. The number of aryl methyl sites for hydroxylation is 1. The number of ketones is 1. The van der Waals surface area contributed by atoms with E-state index in [-0.39, 0.29) is 11.0 Å². The Morgan fingerprint density at radius 2 is 2.14 bits per heavy atom. The molecule has 1 aromatic heterocycles. The van der Waals surface area contributed by atoms with Crippen molar-refractivity contribution in [3.63, 3.8) is 0 Å². The predicted octanol–water partition coefficient (Wildman–Crippen LogP) is 4.06. The minimum absolute atomic E-state index is 0.114. The van der Waals surface area contributed by atoms with Crippen LogP contribution in [-0.4, -0.2) is 27.8 Å². The number of benzene rings is 1. The molecule has 0 saturated carbocycles. The van der Waals surface area contributed by atoms with Crippen LogP contribution in [0.5, 0.6) is 0 Å². The number of aromatic nitrogens is 2. The number of Topliss-reactive ketones (excluding diaryl/α,β-unsaturated/α-hetero) is 1. The molecule has 6 heteroatoms. The maximum Gasteiger partial charge on any atom is 0.206 e. The van der Waals surface area contributed by atoms with Crippen LogP contribution in [0.2, 0.25) is 0 Å². The molecule has 0 bridgehead atoms. The van der Waals surface area contributed by atoms with Crippen molar-refractivity contribution in [1.29, 1.82) is 0 Å². The highest BCUT2D eigenvalue weighted by atomic mass is 32.2. The van der Waals surface area contributed by atoms with Gasteiger partial charge in [-0.05, 0) is 18.9 Å². The first-order chi connectivity index (χ1) is 10.6. The number of thioether (sulfide) groups is 1. The van der Waals surface area contributed by atoms with Gasteiger partial charge in [-0.2, -0.15) is 0 Å². The van der Waals surface area contributed by atoms with Gasteiger partial charge in [-0.25, -0.2) is 0 Å².